The Morgan fingerprint density at radius 1 is 1.08 bits per heavy atom. The van der Waals surface area contributed by atoms with Gasteiger partial charge in [0.1, 0.15) is 11.3 Å². The normalized spacial score (nSPS) is 15.4. The molecule has 0 radical (unpaired) electrons. The molecule has 0 bridgehead atoms. The van der Waals surface area contributed by atoms with Crippen LogP contribution in [0.4, 0.5) is 4.79 Å². The number of amides is 1. The van der Waals surface area contributed by atoms with Crippen molar-refractivity contribution in [1.29, 1.82) is 5.26 Å². The smallest absolute Gasteiger partial charge is 0.410 e. The van der Waals surface area contributed by atoms with Crippen LogP contribution in [0.15, 0.2) is 48.5 Å². The summed E-state index contributed by atoms with van der Waals surface area (Å²) in [6.45, 7) is 9.10. The van der Waals surface area contributed by atoms with E-state index in [9.17, 15) is 10.1 Å². The third-order valence-electron chi connectivity index (χ3n) is 5.83. The van der Waals surface area contributed by atoms with Crippen molar-refractivity contribution in [3.8, 4) is 34.5 Å². The largest absolute Gasteiger partial charge is 0.475 e. The summed E-state index contributed by atoms with van der Waals surface area (Å²) in [5, 5.41) is 9.34. The van der Waals surface area contributed by atoms with Crippen molar-refractivity contribution in [1.82, 2.24) is 14.9 Å². The van der Waals surface area contributed by atoms with E-state index in [1.54, 1.807) is 17.0 Å². The van der Waals surface area contributed by atoms with Crippen LogP contribution in [0.1, 0.15) is 38.3 Å². The standard InChI is InChI=1S/C28H29ClN4O3/c1-18-5-9-21(10-6-18)23-24(22-11-7-19(15-30)8-12-22)32-26(25(29)31-23)35-17-20-13-14-33(16-20)27(34)36-28(2,3)4/h5-12,20H,13-14,16-17H2,1-4H3/t20-/m1/s1. The van der Waals surface area contributed by atoms with Crippen LogP contribution in [0.2, 0.25) is 5.15 Å². The number of ether oxygens (including phenoxy) is 2. The quantitative estimate of drug-likeness (QED) is 0.406. The Bertz CT molecular complexity index is 1280. The summed E-state index contributed by atoms with van der Waals surface area (Å²) in [7, 11) is 0. The fourth-order valence-electron chi connectivity index (χ4n) is 3.97. The predicted octanol–water partition coefficient (Wildman–Crippen LogP) is 6.28. The zero-order valence-electron chi connectivity index (χ0n) is 20.9. The minimum atomic E-state index is -0.532. The van der Waals surface area contributed by atoms with Gasteiger partial charge in [0.05, 0.1) is 23.9 Å². The van der Waals surface area contributed by atoms with E-state index in [2.05, 4.69) is 11.1 Å². The van der Waals surface area contributed by atoms with Crippen LogP contribution >= 0.6 is 11.6 Å². The van der Waals surface area contributed by atoms with Crippen LogP contribution in [0, 0.1) is 24.2 Å². The van der Waals surface area contributed by atoms with Crippen molar-refractivity contribution in [2.24, 2.45) is 5.92 Å². The highest BCUT2D eigenvalue weighted by Crippen LogP contribution is 2.34. The number of hydrogen-bond donors (Lipinski definition) is 0. The van der Waals surface area contributed by atoms with Crippen LogP contribution in [-0.4, -0.2) is 46.3 Å². The highest BCUT2D eigenvalue weighted by atomic mass is 35.5. The number of likely N-dealkylation sites (tertiary alicyclic amines) is 1. The number of nitriles is 1. The van der Waals surface area contributed by atoms with Crippen molar-refractivity contribution in [3.05, 3.63) is 64.8 Å². The maximum atomic E-state index is 12.4. The van der Waals surface area contributed by atoms with Gasteiger partial charge in [-0.15, -0.1) is 0 Å². The minimum absolute atomic E-state index is 0.130. The number of halogens is 1. The van der Waals surface area contributed by atoms with Gasteiger partial charge in [0, 0.05) is 30.1 Å². The molecule has 7 nitrogen and oxygen atoms in total. The molecule has 2 heterocycles. The second-order valence-electron chi connectivity index (χ2n) is 9.96. The Hall–Kier alpha value is -3.63. The molecular weight excluding hydrogens is 476 g/mol. The molecule has 1 amide bonds. The molecule has 36 heavy (non-hydrogen) atoms. The number of benzene rings is 2. The van der Waals surface area contributed by atoms with E-state index in [0.717, 1.165) is 23.1 Å². The molecule has 186 valence electrons. The van der Waals surface area contributed by atoms with Crippen molar-refractivity contribution in [3.63, 3.8) is 0 Å². The molecule has 0 aliphatic carbocycles. The van der Waals surface area contributed by atoms with Gasteiger partial charge >= 0.3 is 6.09 Å². The molecule has 1 saturated heterocycles. The van der Waals surface area contributed by atoms with E-state index in [0.29, 0.717) is 36.6 Å². The van der Waals surface area contributed by atoms with Gasteiger partial charge in [0.15, 0.2) is 5.15 Å². The first-order chi connectivity index (χ1) is 17.1. The lowest BCUT2D eigenvalue weighted by atomic mass is 10.0. The van der Waals surface area contributed by atoms with Gasteiger partial charge in [0.25, 0.3) is 5.88 Å². The minimum Gasteiger partial charge on any atom is -0.475 e. The molecule has 1 aliphatic heterocycles. The SMILES string of the molecule is Cc1ccc(-c2nc(Cl)c(OC[C@@H]3CCN(C(=O)OC(C)(C)C)C3)nc2-c2ccc(C#N)cc2)cc1. The molecule has 0 N–H and O–H groups in total. The summed E-state index contributed by atoms with van der Waals surface area (Å²) < 4.78 is 11.5. The van der Waals surface area contributed by atoms with Gasteiger partial charge in [-0.05, 0) is 46.2 Å². The number of aromatic nitrogens is 2. The van der Waals surface area contributed by atoms with E-state index in [1.807, 2.05) is 64.1 Å². The Balaban J connectivity index is 1.56. The van der Waals surface area contributed by atoms with Crippen LogP contribution in [-0.2, 0) is 4.74 Å². The molecule has 1 fully saturated rings. The summed E-state index contributed by atoms with van der Waals surface area (Å²) in [4.78, 5) is 23.5. The Morgan fingerprint density at radius 2 is 1.69 bits per heavy atom. The van der Waals surface area contributed by atoms with Crippen molar-refractivity contribution >= 4 is 17.7 Å². The first kappa shape index (κ1) is 25.5. The van der Waals surface area contributed by atoms with Gasteiger partial charge in [-0.2, -0.15) is 5.26 Å². The Labute approximate surface area is 216 Å². The first-order valence-corrected chi connectivity index (χ1v) is 12.3. The molecule has 1 atom stereocenters. The number of hydrogen-bond acceptors (Lipinski definition) is 6. The second kappa shape index (κ2) is 10.5. The van der Waals surface area contributed by atoms with E-state index >= 15 is 0 Å². The van der Waals surface area contributed by atoms with E-state index in [4.69, 9.17) is 26.1 Å². The summed E-state index contributed by atoms with van der Waals surface area (Å²) in [6, 6.07) is 17.3. The molecular formula is C28H29ClN4O3. The summed E-state index contributed by atoms with van der Waals surface area (Å²) >= 11 is 6.53. The fourth-order valence-corrected chi connectivity index (χ4v) is 4.15. The van der Waals surface area contributed by atoms with Crippen molar-refractivity contribution in [2.75, 3.05) is 19.7 Å². The molecule has 0 saturated carbocycles. The molecule has 1 aromatic heterocycles. The van der Waals surface area contributed by atoms with Crippen LogP contribution < -0.4 is 4.74 Å². The number of rotatable bonds is 5. The number of aryl methyl sites for hydroxylation is 1. The Morgan fingerprint density at radius 3 is 2.31 bits per heavy atom. The molecule has 1 aliphatic rings. The molecule has 0 spiro atoms. The third-order valence-corrected chi connectivity index (χ3v) is 6.08. The van der Waals surface area contributed by atoms with Gasteiger partial charge in [-0.25, -0.2) is 14.8 Å². The van der Waals surface area contributed by atoms with Crippen LogP contribution in [0.3, 0.4) is 0 Å². The molecule has 8 heteroatoms. The summed E-state index contributed by atoms with van der Waals surface area (Å²) in [6.07, 6.45) is 0.488. The van der Waals surface area contributed by atoms with Gasteiger partial charge in [0.2, 0.25) is 0 Å². The topological polar surface area (TPSA) is 88.3 Å². The van der Waals surface area contributed by atoms with Crippen molar-refractivity contribution < 1.29 is 14.3 Å². The van der Waals surface area contributed by atoms with Gasteiger partial charge in [-0.3, -0.25) is 0 Å². The zero-order valence-corrected chi connectivity index (χ0v) is 21.7. The maximum Gasteiger partial charge on any atom is 0.410 e. The predicted molar refractivity (Wildman–Crippen MR) is 139 cm³/mol. The molecule has 3 aromatic rings. The van der Waals surface area contributed by atoms with E-state index < -0.39 is 5.60 Å². The lowest BCUT2D eigenvalue weighted by Gasteiger charge is -2.24. The van der Waals surface area contributed by atoms with Crippen LogP contribution in [0.5, 0.6) is 5.88 Å². The first-order valence-electron chi connectivity index (χ1n) is 11.9. The Kier molecular flexibility index (Phi) is 7.46. The van der Waals surface area contributed by atoms with Crippen molar-refractivity contribution in [2.45, 2.75) is 39.7 Å². The fraction of sp³-hybridized carbons (Fsp3) is 0.357. The molecule has 2 aromatic carbocycles. The summed E-state index contributed by atoms with van der Waals surface area (Å²) in [5.74, 6) is 0.369. The number of carbonyl (C=O) groups excluding carboxylic acids is 1. The lowest BCUT2D eigenvalue weighted by molar-refractivity contribution is 0.0284. The molecule has 4 rings (SSSR count). The number of nitrogens with zero attached hydrogens (tertiary/aromatic N) is 4. The maximum absolute atomic E-state index is 12.4. The highest BCUT2D eigenvalue weighted by Gasteiger charge is 2.30. The van der Waals surface area contributed by atoms with E-state index in [1.165, 1.54) is 0 Å². The summed E-state index contributed by atoms with van der Waals surface area (Å²) in [5.41, 5.74) is 4.09. The number of carbonyl (C=O) groups is 1. The highest BCUT2D eigenvalue weighted by molar-refractivity contribution is 6.30. The molecule has 0 unspecified atom stereocenters. The zero-order chi connectivity index (χ0) is 25.9. The monoisotopic (exact) mass is 504 g/mol. The average molecular weight is 505 g/mol. The third kappa shape index (κ3) is 6.13. The van der Waals surface area contributed by atoms with E-state index in [-0.39, 0.29) is 23.0 Å². The second-order valence-corrected chi connectivity index (χ2v) is 10.3. The lowest BCUT2D eigenvalue weighted by Crippen LogP contribution is -2.35. The van der Waals surface area contributed by atoms with Crippen LogP contribution in [0.25, 0.3) is 22.5 Å². The van der Waals surface area contributed by atoms with Gasteiger partial charge in [-0.1, -0.05) is 53.6 Å². The van der Waals surface area contributed by atoms with Gasteiger partial charge < -0.3 is 14.4 Å². The average Bonchev–Trinajstić information content (AvgIpc) is 3.32.